The molecule has 1 N–H and O–H groups in total. The first-order valence-corrected chi connectivity index (χ1v) is 5.33. The second-order valence-electron chi connectivity index (χ2n) is 5.63. The summed E-state index contributed by atoms with van der Waals surface area (Å²) in [5.41, 5.74) is 0.453. The molecule has 14 heavy (non-hydrogen) atoms. The molecule has 82 valence electrons. The molecule has 1 aliphatic heterocycles. The Morgan fingerprint density at radius 2 is 1.64 bits per heavy atom. The highest BCUT2D eigenvalue weighted by molar-refractivity contribution is 5.02. The van der Waals surface area contributed by atoms with Crippen LogP contribution in [0.1, 0.15) is 40.5 Å². The maximum absolute atomic E-state index is 4.98. The second-order valence-corrected chi connectivity index (χ2v) is 5.63. The van der Waals surface area contributed by atoms with Crippen LogP contribution in [0.3, 0.4) is 0 Å². The summed E-state index contributed by atoms with van der Waals surface area (Å²) in [6.07, 6.45) is 6.35. The lowest BCUT2D eigenvalue weighted by atomic mass is 9.76. The minimum absolute atomic E-state index is 0.227. The fourth-order valence-electron chi connectivity index (χ4n) is 2.73. The first kappa shape index (κ1) is 11.6. The van der Waals surface area contributed by atoms with Crippen LogP contribution in [0.5, 0.6) is 0 Å². The lowest BCUT2D eigenvalue weighted by Crippen LogP contribution is -2.57. The molecule has 1 fully saturated rings. The molecule has 0 radical (unpaired) electrons. The lowest BCUT2D eigenvalue weighted by Gasteiger charge is -2.45. The maximum atomic E-state index is 4.98. The molecule has 1 aliphatic rings. The number of piperidine rings is 1. The molecule has 0 bridgehead atoms. The molecule has 2 nitrogen and oxygen atoms in total. The summed E-state index contributed by atoms with van der Waals surface area (Å²) in [4.78, 5) is 0. The van der Waals surface area contributed by atoms with E-state index in [1.54, 1.807) is 7.11 Å². The van der Waals surface area contributed by atoms with Gasteiger partial charge in [0, 0.05) is 11.1 Å². The molecule has 0 saturated carbocycles. The number of nitrogens with one attached hydrogen (secondary N) is 1. The van der Waals surface area contributed by atoms with Gasteiger partial charge in [0.05, 0.1) is 13.4 Å². The Bertz CT molecular complexity index is 202. The molecular formula is C12H23NO. The second kappa shape index (κ2) is 3.93. The van der Waals surface area contributed by atoms with E-state index in [0.717, 1.165) is 0 Å². The predicted molar refractivity (Wildman–Crippen MR) is 60.2 cm³/mol. The first-order valence-electron chi connectivity index (χ1n) is 5.33. The van der Waals surface area contributed by atoms with Crippen LogP contribution in [0.2, 0.25) is 0 Å². The first-order chi connectivity index (χ1) is 6.35. The quantitative estimate of drug-likeness (QED) is 0.687. The third-order valence-corrected chi connectivity index (χ3v) is 2.71. The fourth-order valence-corrected chi connectivity index (χ4v) is 2.73. The Hall–Kier alpha value is -0.500. The van der Waals surface area contributed by atoms with Crippen LogP contribution in [0.15, 0.2) is 12.3 Å². The summed E-state index contributed by atoms with van der Waals surface area (Å²) >= 11 is 0. The number of methoxy groups -OCH3 is 1. The fraction of sp³-hybridized carbons (Fsp3) is 0.833. The molecular weight excluding hydrogens is 174 g/mol. The molecule has 0 aliphatic carbocycles. The Labute approximate surface area is 87.7 Å². The van der Waals surface area contributed by atoms with Gasteiger partial charge < -0.3 is 10.1 Å². The van der Waals surface area contributed by atoms with Gasteiger partial charge in [-0.1, -0.05) is 0 Å². The van der Waals surface area contributed by atoms with Crippen molar-refractivity contribution in [3.05, 3.63) is 12.3 Å². The molecule has 0 spiro atoms. The third-order valence-electron chi connectivity index (χ3n) is 2.71. The number of allylic oxidation sites excluding steroid dienone is 1. The Morgan fingerprint density at radius 1 is 1.14 bits per heavy atom. The zero-order valence-electron chi connectivity index (χ0n) is 10.1. The number of rotatable bonds is 2. The van der Waals surface area contributed by atoms with Gasteiger partial charge in [-0.3, -0.25) is 0 Å². The summed E-state index contributed by atoms with van der Waals surface area (Å²) in [6, 6.07) is 0. The van der Waals surface area contributed by atoms with Crippen LogP contribution in [-0.2, 0) is 4.74 Å². The van der Waals surface area contributed by atoms with Crippen molar-refractivity contribution >= 4 is 0 Å². The molecule has 1 saturated heterocycles. The lowest BCUT2D eigenvalue weighted by molar-refractivity contribution is 0.148. The van der Waals surface area contributed by atoms with E-state index in [0.29, 0.717) is 5.92 Å². The zero-order valence-corrected chi connectivity index (χ0v) is 10.1. The van der Waals surface area contributed by atoms with Crippen LogP contribution in [-0.4, -0.2) is 18.2 Å². The molecule has 0 aromatic rings. The molecule has 0 atom stereocenters. The van der Waals surface area contributed by atoms with E-state index in [2.05, 4.69) is 39.1 Å². The van der Waals surface area contributed by atoms with E-state index >= 15 is 0 Å². The van der Waals surface area contributed by atoms with Gasteiger partial charge in [-0.05, 0) is 52.5 Å². The molecule has 2 heteroatoms. The van der Waals surface area contributed by atoms with Gasteiger partial charge in [0.1, 0.15) is 0 Å². The molecule has 0 unspecified atom stereocenters. The average molecular weight is 197 g/mol. The van der Waals surface area contributed by atoms with Gasteiger partial charge >= 0.3 is 0 Å². The van der Waals surface area contributed by atoms with Crippen molar-refractivity contribution in [3.8, 4) is 0 Å². The van der Waals surface area contributed by atoms with Crippen molar-refractivity contribution in [3.63, 3.8) is 0 Å². The van der Waals surface area contributed by atoms with Crippen molar-refractivity contribution in [1.82, 2.24) is 5.32 Å². The number of ether oxygens (including phenoxy) is 1. The van der Waals surface area contributed by atoms with Gasteiger partial charge in [-0.25, -0.2) is 0 Å². The average Bonchev–Trinajstić information content (AvgIpc) is 1.94. The summed E-state index contributed by atoms with van der Waals surface area (Å²) in [5.74, 6) is 0.626. The van der Waals surface area contributed by atoms with E-state index in [9.17, 15) is 0 Å². The van der Waals surface area contributed by atoms with Gasteiger partial charge in [0.2, 0.25) is 0 Å². The summed E-state index contributed by atoms with van der Waals surface area (Å²) in [5, 5.41) is 3.66. The largest absolute Gasteiger partial charge is 0.505 e. The molecule has 0 aromatic heterocycles. The monoisotopic (exact) mass is 197 g/mol. The Kier molecular flexibility index (Phi) is 3.25. The van der Waals surface area contributed by atoms with E-state index in [-0.39, 0.29) is 11.1 Å². The smallest absolute Gasteiger partial charge is 0.0787 e. The minimum atomic E-state index is 0.227. The van der Waals surface area contributed by atoms with Gasteiger partial charge in [-0.15, -0.1) is 0 Å². The van der Waals surface area contributed by atoms with Gasteiger partial charge in [-0.2, -0.15) is 0 Å². The van der Waals surface area contributed by atoms with Crippen LogP contribution in [0.4, 0.5) is 0 Å². The number of hydrogen-bond acceptors (Lipinski definition) is 2. The summed E-state index contributed by atoms with van der Waals surface area (Å²) in [7, 11) is 1.70. The third kappa shape index (κ3) is 3.33. The standard InChI is InChI=1S/C12H23NO/c1-11(2)8-10(6-7-14-5)9-12(3,4)13-11/h6-7,10,13H,8-9H2,1-5H3/b7-6+. The van der Waals surface area contributed by atoms with Gasteiger partial charge in [0.15, 0.2) is 0 Å². The van der Waals surface area contributed by atoms with Crippen LogP contribution >= 0.6 is 0 Å². The van der Waals surface area contributed by atoms with Crippen LogP contribution in [0.25, 0.3) is 0 Å². The number of hydrogen-bond donors (Lipinski definition) is 1. The highest BCUT2D eigenvalue weighted by Gasteiger charge is 2.36. The zero-order chi connectivity index (χ0) is 10.8. The van der Waals surface area contributed by atoms with Crippen molar-refractivity contribution in [2.45, 2.75) is 51.6 Å². The van der Waals surface area contributed by atoms with E-state index < -0.39 is 0 Å². The van der Waals surface area contributed by atoms with E-state index in [1.807, 2.05) is 6.26 Å². The molecule has 1 heterocycles. The predicted octanol–water partition coefficient (Wildman–Crippen LogP) is 2.70. The highest BCUT2D eigenvalue weighted by atomic mass is 16.5. The van der Waals surface area contributed by atoms with Crippen molar-refractivity contribution < 1.29 is 4.74 Å². The maximum Gasteiger partial charge on any atom is 0.0787 e. The van der Waals surface area contributed by atoms with Crippen LogP contribution in [0, 0.1) is 5.92 Å². The Morgan fingerprint density at radius 3 is 2.07 bits per heavy atom. The van der Waals surface area contributed by atoms with E-state index in [4.69, 9.17) is 4.74 Å². The van der Waals surface area contributed by atoms with Gasteiger partial charge in [0.25, 0.3) is 0 Å². The molecule has 0 amide bonds. The topological polar surface area (TPSA) is 21.3 Å². The van der Waals surface area contributed by atoms with Crippen molar-refractivity contribution in [1.29, 1.82) is 0 Å². The highest BCUT2D eigenvalue weighted by Crippen LogP contribution is 2.33. The SMILES string of the molecule is CO/C=C/C1CC(C)(C)NC(C)(C)C1. The summed E-state index contributed by atoms with van der Waals surface area (Å²) < 4.78 is 4.98. The Balaban J connectivity index is 2.66. The summed E-state index contributed by atoms with van der Waals surface area (Å²) in [6.45, 7) is 9.06. The van der Waals surface area contributed by atoms with Crippen molar-refractivity contribution in [2.75, 3.05) is 7.11 Å². The normalized spacial score (nSPS) is 26.6. The van der Waals surface area contributed by atoms with Crippen LogP contribution < -0.4 is 5.32 Å². The molecule has 1 rings (SSSR count). The minimum Gasteiger partial charge on any atom is -0.505 e. The molecule has 0 aromatic carbocycles. The van der Waals surface area contributed by atoms with E-state index in [1.165, 1.54) is 12.8 Å². The van der Waals surface area contributed by atoms with Crippen molar-refractivity contribution in [2.24, 2.45) is 5.92 Å².